The fraction of sp³-hybridized carbons (Fsp3) is 0.235. The van der Waals surface area contributed by atoms with Crippen LogP contribution in [0, 0.1) is 5.92 Å². The molecule has 1 aliphatic heterocycles. The standard InChI is InChI=1S/C17H17NO2S/c19-17(8-7-15-5-3-9-21-15)18-11-13-10-14-4-1-2-6-16(14)20-12-13/h1-9,13H,10-12H2,(H,18,19). The van der Waals surface area contributed by atoms with Crippen LogP contribution in [0.25, 0.3) is 6.08 Å². The number of fused-ring (bicyclic) bond motifs is 1. The van der Waals surface area contributed by atoms with Crippen LogP contribution in [0.5, 0.6) is 5.75 Å². The van der Waals surface area contributed by atoms with E-state index in [-0.39, 0.29) is 5.91 Å². The molecule has 1 aromatic heterocycles. The van der Waals surface area contributed by atoms with Crippen LogP contribution in [0.15, 0.2) is 47.9 Å². The van der Waals surface area contributed by atoms with Crippen molar-refractivity contribution in [3.05, 3.63) is 58.3 Å². The molecule has 0 bridgehead atoms. The predicted molar refractivity (Wildman–Crippen MR) is 85.5 cm³/mol. The van der Waals surface area contributed by atoms with Crippen LogP contribution < -0.4 is 10.1 Å². The summed E-state index contributed by atoms with van der Waals surface area (Å²) in [6.07, 6.45) is 4.38. The van der Waals surface area contributed by atoms with Crippen LogP contribution in [-0.4, -0.2) is 19.1 Å². The largest absolute Gasteiger partial charge is 0.493 e. The first kappa shape index (κ1) is 13.9. The van der Waals surface area contributed by atoms with Crippen molar-refractivity contribution in [2.24, 2.45) is 5.92 Å². The van der Waals surface area contributed by atoms with Crippen LogP contribution in [-0.2, 0) is 11.2 Å². The number of benzene rings is 1. The fourth-order valence-electron chi connectivity index (χ4n) is 2.37. The van der Waals surface area contributed by atoms with E-state index < -0.39 is 0 Å². The Morgan fingerprint density at radius 2 is 2.24 bits per heavy atom. The van der Waals surface area contributed by atoms with Gasteiger partial charge in [-0.1, -0.05) is 24.3 Å². The molecule has 108 valence electrons. The molecule has 21 heavy (non-hydrogen) atoms. The third-order valence-corrected chi connectivity index (χ3v) is 4.30. The molecule has 0 fully saturated rings. The molecule has 0 spiro atoms. The van der Waals surface area contributed by atoms with E-state index in [1.54, 1.807) is 17.4 Å². The second-order valence-corrected chi connectivity index (χ2v) is 6.06. The van der Waals surface area contributed by atoms with Crippen molar-refractivity contribution in [2.45, 2.75) is 6.42 Å². The molecule has 0 saturated heterocycles. The van der Waals surface area contributed by atoms with Gasteiger partial charge in [-0.2, -0.15) is 0 Å². The van der Waals surface area contributed by atoms with Crippen molar-refractivity contribution in [3.63, 3.8) is 0 Å². The van der Waals surface area contributed by atoms with Gasteiger partial charge in [-0.25, -0.2) is 0 Å². The van der Waals surface area contributed by atoms with Gasteiger partial charge in [-0.3, -0.25) is 4.79 Å². The Hall–Kier alpha value is -2.07. The van der Waals surface area contributed by atoms with Gasteiger partial charge < -0.3 is 10.1 Å². The van der Waals surface area contributed by atoms with Crippen molar-refractivity contribution in [3.8, 4) is 5.75 Å². The summed E-state index contributed by atoms with van der Waals surface area (Å²) in [4.78, 5) is 12.9. The van der Waals surface area contributed by atoms with E-state index in [1.165, 1.54) is 5.56 Å². The Kier molecular flexibility index (Phi) is 4.36. The second kappa shape index (κ2) is 6.59. The van der Waals surface area contributed by atoms with Gasteiger partial charge in [0.05, 0.1) is 6.61 Å². The minimum Gasteiger partial charge on any atom is -0.493 e. The molecule has 2 aromatic rings. The molecule has 1 unspecified atom stereocenters. The fourth-order valence-corrected chi connectivity index (χ4v) is 2.99. The van der Waals surface area contributed by atoms with E-state index in [0.29, 0.717) is 19.1 Å². The summed E-state index contributed by atoms with van der Waals surface area (Å²) in [7, 11) is 0. The quantitative estimate of drug-likeness (QED) is 0.881. The summed E-state index contributed by atoms with van der Waals surface area (Å²) in [6, 6.07) is 12.0. The average Bonchev–Trinajstić information content (AvgIpc) is 3.04. The number of para-hydroxylation sites is 1. The van der Waals surface area contributed by atoms with E-state index in [9.17, 15) is 4.79 Å². The van der Waals surface area contributed by atoms with Gasteiger partial charge in [-0.15, -0.1) is 11.3 Å². The lowest BCUT2D eigenvalue weighted by Gasteiger charge is -2.25. The molecule has 1 aromatic carbocycles. The summed E-state index contributed by atoms with van der Waals surface area (Å²) in [5.41, 5.74) is 1.22. The van der Waals surface area contributed by atoms with Crippen molar-refractivity contribution < 1.29 is 9.53 Å². The lowest BCUT2D eigenvalue weighted by molar-refractivity contribution is -0.116. The number of nitrogens with one attached hydrogen (secondary N) is 1. The molecule has 4 heteroatoms. The van der Waals surface area contributed by atoms with Crippen molar-refractivity contribution in [2.75, 3.05) is 13.2 Å². The SMILES string of the molecule is O=C(C=Cc1cccs1)NCC1COc2ccccc2C1. The van der Waals surface area contributed by atoms with E-state index in [1.807, 2.05) is 41.8 Å². The number of rotatable bonds is 4. The van der Waals surface area contributed by atoms with Crippen molar-refractivity contribution >= 4 is 23.3 Å². The van der Waals surface area contributed by atoms with Crippen LogP contribution in [0.3, 0.4) is 0 Å². The number of ether oxygens (including phenoxy) is 1. The average molecular weight is 299 g/mol. The van der Waals surface area contributed by atoms with Gasteiger partial charge in [-0.05, 0) is 35.6 Å². The maximum absolute atomic E-state index is 11.8. The van der Waals surface area contributed by atoms with Crippen molar-refractivity contribution in [1.29, 1.82) is 0 Å². The maximum atomic E-state index is 11.8. The first-order chi connectivity index (χ1) is 10.3. The zero-order chi connectivity index (χ0) is 14.5. The Labute approximate surface area is 128 Å². The van der Waals surface area contributed by atoms with Crippen LogP contribution in [0.4, 0.5) is 0 Å². The molecular formula is C17H17NO2S. The topological polar surface area (TPSA) is 38.3 Å². The summed E-state index contributed by atoms with van der Waals surface area (Å²) < 4.78 is 5.72. The van der Waals surface area contributed by atoms with Gasteiger partial charge in [0.2, 0.25) is 5.91 Å². The molecule has 1 amide bonds. The summed E-state index contributed by atoms with van der Waals surface area (Å²) in [6.45, 7) is 1.30. The normalized spacial score (nSPS) is 17.2. The molecule has 1 N–H and O–H groups in total. The highest BCUT2D eigenvalue weighted by atomic mass is 32.1. The molecule has 1 atom stereocenters. The number of carbonyl (C=O) groups excluding carboxylic acids is 1. The third kappa shape index (κ3) is 3.73. The van der Waals surface area contributed by atoms with Gasteiger partial charge in [0, 0.05) is 23.4 Å². The predicted octanol–water partition coefficient (Wildman–Crippen LogP) is 3.13. The molecule has 0 radical (unpaired) electrons. The van der Waals surface area contributed by atoms with E-state index in [2.05, 4.69) is 11.4 Å². The lowest BCUT2D eigenvalue weighted by atomic mass is 9.97. The molecular weight excluding hydrogens is 282 g/mol. The maximum Gasteiger partial charge on any atom is 0.244 e. The van der Waals surface area contributed by atoms with E-state index in [4.69, 9.17) is 4.74 Å². The Morgan fingerprint density at radius 1 is 1.33 bits per heavy atom. The second-order valence-electron chi connectivity index (χ2n) is 5.08. The number of hydrogen-bond donors (Lipinski definition) is 1. The summed E-state index contributed by atoms with van der Waals surface area (Å²) in [5.74, 6) is 1.25. The number of thiophene rings is 1. The third-order valence-electron chi connectivity index (χ3n) is 3.46. The Bertz CT molecular complexity index is 634. The highest BCUT2D eigenvalue weighted by molar-refractivity contribution is 7.10. The smallest absolute Gasteiger partial charge is 0.244 e. The minimum absolute atomic E-state index is 0.0535. The Morgan fingerprint density at radius 3 is 3.10 bits per heavy atom. The molecule has 3 nitrogen and oxygen atoms in total. The first-order valence-electron chi connectivity index (χ1n) is 7.01. The molecule has 1 aliphatic rings. The zero-order valence-corrected chi connectivity index (χ0v) is 12.4. The summed E-state index contributed by atoms with van der Waals surface area (Å²) >= 11 is 1.62. The van der Waals surface area contributed by atoms with Crippen molar-refractivity contribution in [1.82, 2.24) is 5.32 Å². The Balaban J connectivity index is 1.49. The molecule has 2 heterocycles. The van der Waals surface area contributed by atoms with Gasteiger partial charge in [0.15, 0.2) is 0 Å². The highest BCUT2D eigenvalue weighted by Gasteiger charge is 2.19. The van der Waals surface area contributed by atoms with E-state index >= 15 is 0 Å². The number of hydrogen-bond acceptors (Lipinski definition) is 3. The monoisotopic (exact) mass is 299 g/mol. The molecule has 0 saturated carbocycles. The molecule has 0 aliphatic carbocycles. The zero-order valence-electron chi connectivity index (χ0n) is 11.6. The van der Waals surface area contributed by atoms with Gasteiger partial charge in [0.1, 0.15) is 5.75 Å². The number of carbonyl (C=O) groups is 1. The first-order valence-corrected chi connectivity index (χ1v) is 7.89. The minimum atomic E-state index is -0.0535. The van der Waals surface area contributed by atoms with Gasteiger partial charge >= 0.3 is 0 Å². The van der Waals surface area contributed by atoms with Crippen LogP contribution in [0.2, 0.25) is 0 Å². The van der Waals surface area contributed by atoms with Crippen LogP contribution in [0.1, 0.15) is 10.4 Å². The lowest BCUT2D eigenvalue weighted by Crippen LogP contribution is -2.33. The molecule has 3 rings (SSSR count). The van der Waals surface area contributed by atoms with E-state index in [0.717, 1.165) is 17.0 Å². The summed E-state index contributed by atoms with van der Waals surface area (Å²) in [5, 5.41) is 4.94. The van der Waals surface area contributed by atoms with Gasteiger partial charge in [0.25, 0.3) is 0 Å². The highest BCUT2D eigenvalue weighted by Crippen LogP contribution is 2.26. The number of amides is 1. The van der Waals surface area contributed by atoms with Crippen LogP contribution >= 0.6 is 11.3 Å².